The van der Waals surface area contributed by atoms with Gasteiger partial charge < -0.3 is 44.4 Å². The summed E-state index contributed by atoms with van der Waals surface area (Å²) in [6.07, 6.45) is 5.71. The molecule has 3 aliphatic heterocycles. The van der Waals surface area contributed by atoms with Crippen molar-refractivity contribution in [3.63, 3.8) is 0 Å². The first-order chi connectivity index (χ1) is 21.0. The highest BCUT2D eigenvalue weighted by Gasteiger charge is 2.47. The van der Waals surface area contributed by atoms with Crippen LogP contribution in [0.5, 0.6) is 0 Å². The van der Waals surface area contributed by atoms with Crippen molar-refractivity contribution >= 4 is 12.1 Å². The molecule has 0 aromatic heterocycles. The van der Waals surface area contributed by atoms with E-state index in [9.17, 15) is 30.0 Å². The number of allylic oxidation sites excluding steroid dienone is 2. The number of nitrogens with zero attached hydrogens (tertiary/aromatic N) is 2. The van der Waals surface area contributed by atoms with Crippen molar-refractivity contribution in [2.75, 3.05) is 33.2 Å². The number of carbonyl (C=O) groups excluding carboxylic acids is 2. The predicted octanol–water partition coefficient (Wildman–Crippen LogP) is 2.96. The van der Waals surface area contributed by atoms with Gasteiger partial charge in [-0.3, -0.25) is 4.79 Å². The van der Waals surface area contributed by atoms with Crippen LogP contribution in [0.4, 0.5) is 4.79 Å². The number of rotatable bonds is 9. The SMILES string of the molecule is CC[C@H](O)[C@@H](C)[C@H]1O[C@@H]1CC(C)(O)/C=C/C=C(\C)C1OC(=O)CC(O)CCC(C)(O)C(OC(=O)N2CCN(C)CC2)C=CC1C. The van der Waals surface area contributed by atoms with Crippen LogP contribution in [0.25, 0.3) is 0 Å². The Balaban J connectivity index is 1.74. The van der Waals surface area contributed by atoms with Gasteiger partial charge in [0, 0.05) is 44.4 Å². The Morgan fingerprint density at radius 1 is 1.27 bits per heavy atom. The lowest BCUT2D eigenvalue weighted by atomic mass is 9.88. The lowest BCUT2D eigenvalue weighted by molar-refractivity contribution is -0.151. The van der Waals surface area contributed by atoms with Crippen LogP contribution in [0.15, 0.2) is 36.0 Å². The van der Waals surface area contributed by atoms with Gasteiger partial charge in [0.05, 0.1) is 36.4 Å². The third-order valence-electron chi connectivity index (χ3n) is 9.36. The van der Waals surface area contributed by atoms with Crippen molar-refractivity contribution in [1.29, 1.82) is 0 Å². The molecule has 0 aliphatic carbocycles. The van der Waals surface area contributed by atoms with Crippen LogP contribution in [-0.4, -0.2) is 123 Å². The number of epoxide rings is 1. The Kier molecular flexibility index (Phi) is 13.2. The number of aliphatic hydroxyl groups excluding tert-OH is 2. The predicted molar refractivity (Wildman–Crippen MR) is 170 cm³/mol. The average Bonchev–Trinajstić information content (AvgIpc) is 3.73. The van der Waals surface area contributed by atoms with Crippen LogP contribution in [0.2, 0.25) is 0 Å². The van der Waals surface area contributed by atoms with Gasteiger partial charge in [0.25, 0.3) is 0 Å². The summed E-state index contributed by atoms with van der Waals surface area (Å²) in [5.74, 6) is -0.942. The van der Waals surface area contributed by atoms with Gasteiger partial charge in [-0.25, -0.2) is 4.79 Å². The molecule has 11 nitrogen and oxygen atoms in total. The molecular formula is C34H56N2O9. The van der Waals surface area contributed by atoms with Crippen LogP contribution in [0.1, 0.15) is 73.6 Å². The maximum Gasteiger partial charge on any atom is 0.410 e. The van der Waals surface area contributed by atoms with E-state index in [0.29, 0.717) is 31.5 Å². The summed E-state index contributed by atoms with van der Waals surface area (Å²) in [4.78, 5) is 29.6. The maximum atomic E-state index is 13.0. The molecule has 2 saturated heterocycles. The second kappa shape index (κ2) is 16.0. The molecule has 0 radical (unpaired) electrons. The van der Waals surface area contributed by atoms with Gasteiger partial charge in [-0.1, -0.05) is 45.1 Å². The van der Waals surface area contributed by atoms with Gasteiger partial charge in [0.2, 0.25) is 0 Å². The molecule has 3 rings (SSSR count). The highest BCUT2D eigenvalue weighted by molar-refractivity contribution is 5.70. The van der Waals surface area contributed by atoms with E-state index in [-0.39, 0.29) is 43.3 Å². The summed E-state index contributed by atoms with van der Waals surface area (Å²) < 4.78 is 17.4. The zero-order chi connectivity index (χ0) is 33.5. The van der Waals surface area contributed by atoms with Crippen LogP contribution < -0.4 is 0 Å². The van der Waals surface area contributed by atoms with E-state index >= 15 is 0 Å². The minimum absolute atomic E-state index is 0.00985. The van der Waals surface area contributed by atoms with E-state index in [1.165, 1.54) is 0 Å². The zero-order valence-electron chi connectivity index (χ0n) is 28.1. The molecule has 45 heavy (non-hydrogen) atoms. The van der Waals surface area contributed by atoms with E-state index in [2.05, 4.69) is 4.90 Å². The minimum Gasteiger partial charge on any atom is -0.457 e. The molecule has 256 valence electrons. The standard InChI is InChI=1S/C34H56N2O9/c1-8-26(38)24(4)31-27(43-31)21-33(5,41)14-9-10-22(2)30-23(3)11-12-28(44-32(40)36-18-16-35(7)17-19-36)34(6,42)15-13-25(37)20-29(39)45-30/h9-12,14,23-28,30-31,37-38,41-42H,8,13,15-21H2,1-7H3/b12-11?,14-9+,22-10+/t23?,24-,25?,26+,27-,28?,30?,31-,33?,34?/m1/s1. The Labute approximate surface area is 268 Å². The number of cyclic esters (lactones) is 1. The molecule has 2 fully saturated rings. The Bertz CT molecular complexity index is 1080. The Morgan fingerprint density at radius 3 is 2.58 bits per heavy atom. The summed E-state index contributed by atoms with van der Waals surface area (Å²) in [5, 5.41) is 43.0. The second-order valence-electron chi connectivity index (χ2n) is 13.8. The summed E-state index contributed by atoms with van der Waals surface area (Å²) in [7, 11) is 1.99. The second-order valence-corrected chi connectivity index (χ2v) is 13.8. The number of piperazine rings is 1. The van der Waals surface area contributed by atoms with Gasteiger partial charge in [-0.05, 0) is 58.7 Å². The molecule has 4 N–H and O–H groups in total. The van der Waals surface area contributed by atoms with Gasteiger partial charge in [0.1, 0.15) is 11.7 Å². The van der Waals surface area contributed by atoms with Crippen LogP contribution in [0, 0.1) is 11.8 Å². The molecule has 0 bridgehead atoms. The topological polar surface area (TPSA) is 153 Å². The molecule has 0 saturated carbocycles. The summed E-state index contributed by atoms with van der Waals surface area (Å²) in [5.41, 5.74) is -1.93. The van der Waals surface area contributed by atoms with Gasteiger partial charge in [-0.15, -0.1) is 0 Å². The average molecular weight is 637 g/mol. The van der Waals surface area contributed by atoms with Crippen molar-refractivity contribution in [1.82, 2.24) is 9.80 Å². The molecular weight excluding hydrogens is 580 g/mol. The first kappa shape index (κ1) is 37.2. The van der Waals surface area contributed by atoms with E-state index in [0.717, 1.165) is 13.1 Å². The number of amides is 1. The fourth-order valence-corrected chi connectivity index (χ4v) is 5.97. The number of hydrogen-bond acceptors (Lipinski definition) is 10. The molecule has 10 atom stereocenters. The smallest absolute Gasteiger partial charge is 0.410 e. The first-order valence-electron chi connectivity index (χ1n) is 16.4. The summed E-state index contributed by atoms with van der Waals surface area (Å²) in [6, 6.07) is 0. The van der Waals surface area contributed by atoms with E-state index in [4.69, 9.17) is 14.2 Å². The molecule has 1 amide bonds. The monoisotopic (exact) mass is 636 g/mol. The van der Waals surface area contributed by atoms with E-state index in [1.54, 1.807) is 49.1 Å². The largest absolute Gasteiger partial charge is 0.457 e. The van der Waals surface area contributed by atoms with Crippen molar-refractivity contribution in [2.45, 2.75) is 121 Å². The highest BCUT2D eigenvalue weighted by Crippen LogP contribution is 2.37. The van der Waals surface area contributed by atoms with Gasteiger partial charge in [0.15, 0.2) is 6.10 Å². The molecule has 3 heterocycles. The fraction of sp³-hybridized carbons (Fsp3) is 0.765. The molecule has 11 heteroatoms. The van der Waals surface area contributed by atoms with E-state index in [1.807, 2.05) is 34.7 Å². The number of likely N-dealkylation sites (N-methyl/N-ethyl adjacent to an activating group) is 1. The van der Waals surface area contributed by atoms with Gasteiger partial charge in [-0.2, -0.15) is 0 Å². The minimum atomic E-state index is -1.48. The van der Waals surface area contributed by atoms with Gasteiger partial charge >= 0.3 is 12.1 Å². The Morgan fingerprint density at radius 2 is 1.93 bits per heavy atom. The lowest BCUT2D eigenvalue weighted by Gasteiger charge is -2.36. The Hall–Kier alpha value is -2.28. The van der Waals surface area contributed by atoms with E-state index < -0.39 is 47.7 Å². The van der Waals surface area contributed by atoms with Crippen molar-refractivity contribution in [3.05, 3.63) is 36.0 Å². The van der Waals surface area contributed by atoms with Crippen LogP contribution in [0.3, 0.4) is 0 Å². The summed E-state index contributed by atoms with van der Waals surface area (Å²) >= 11 is 0. The summed E-state index contributed by atoms with van der Waals surface area (Å²) in [6.45, 7) is 13.3. The number of esters is 1. The lowest BCUT2D eigenvalue weighted by Crippen LogP contribution is -2.50. The van der Waals surface area contributed by atoms with Crippen molar-refractivity contribution in [3.8, 4) is 0 Å². The maximum absolute atomic E-state index is 13.0. The van der Waals surface area contributed by atoms with Crippen LogP contribution in [-0.2, 0) is 19.0 Å². The quantitative estimate of drug-likeness (QED) is 0.129. The van der Waals surface area contributed by atoms with Crippen molar-refractivity contribution < 1.29 is 44.2 Å². The molecule has 6 unspecified atom stereocenters. The third-order valence-corrected chi connectivity index (χ3v) is 9.36. The molecule has 0 aromatic carbocycles. The fourth-order valence-electron chi connectivity index (χ4n) is 5.97. The zero-order valence-corrected chi connectivity index (χ0v) is 28.1. The van der Waals surface area contributed by atoms with Crippen LogP contribution >= 0.6 is 0 Å². The number of aliphatic hydroxyl groups is 4. The third kappa shape index (κ3) is 11.2. The first-order valence-corrected chi connectivity index (χ1v) is 16.4. The number of hydrogen-bond donors (Lipinski definition) is 4. The van der Waals surface area contributed by atoms with Crippen molar-refractivity contribution in [2.24, 2.45) is 11.8 Å². The number of carbonyl (C=O) groups is 2. The normalized spacial score (nSPS) is 35.1. The number of ether oxygens (including phenoxy) is 3. The molecule has 0 spiro atoms. The highest BCUT2D eigenvalue weighted by atomic mass is 16.6. The molecule has 3 aliphatic rings. The molecule has 0 aromatic rings.